The van der Waals surface area contributed by atoms with Gasteiger partial charge in [-0.2, -0.15) is 0 Å². The highest BCUT2D eigenvalue weighted by Gasteiger charge is 2.10. The number of hydrogen-bond acceptors (Lipinski definition) is 2. The second kappa shape index (κ2) is 6.17. The van der Waals surface area contributed by atoms with Crippen molar-refractivity contribution in [3.63, 3.8) is 0 Å². The molecule has 1 heterocycles. The molecule has 3 heteroatoms. The van der Waals surface area contributed by atoms with E-state index in [2.05, 4.69) is 45.9 Å². The van der Waals surface area contributed by atoms with Crippen molar-refractivity contribution >= 4 is 5.69 Å². The van der Waals surface area contributed by atoms with Gasteiger partial charge in [0.05, 0.1) is 11.4 Å². The standard InChI is InChI=1S/C18H24N2O/c1-12(2)9-10-20-17(8-7-16(19)18(20)21)15-6-5-13(3)14(4)11-15/h5-8,11-12H,9-10,19H2,1-4H3. The predicted molar refractivity (Wildman–Crippen MR) is 89.5 cm³/mol. The Kier molecular flexibility index (Phi) is 4.51. The minimum atomic E-state index is -0.0913. The van der Waals surface area contributed by atoms with E-state index in [1.807, 2.05) is 6.07 Å². The summed E-state index contributed by atoms with van der Waals surface area (Å²) < 4.78 is 1.80. The van der Waals surface area contributed by atoms with Crippen molar-refractivity contribution in [2.45, 2.75) is 40.7 Å². The number of aryl methyl sites for hydroxylation is 2. The molecule has 21 heavy (non-hydrogen) atoms. The molecule has 0 spiro atoms. The van der Waals surface area contributed by atoms with Crippen molar-refractivity contribution < 1.29 is 0 Å². The maximum absolute atomic E-state index is 12.4. The molecule has 2 rings (SSSR count). The molecule has 112 valence electrons. The van der Waals surface area contributed by atoms with E-state index in [1.54, 1.807) is 10.6 Å². The zero-order chi connectivity index (χ0) is 15.6. The number of nitrogens with two attached hydrogens (primary N) is 1. The molecule has 3 nitrogen and oxygen atoms in total. The van der Waals surface area contributed by atoms with Crippen LogP contribution in [0.2, 0.25) is 0 Å². The highest BCUT2D eigenvalue weighted by Crippen LogP contribution is 2.22. The van der Waals surface area contributed by atoms with E-state index in [0.717, 1.165) is 17.7 Å². The monoisotopic (exact) mass is 284 g/mol. The van der Waals surface area contributed by atoms with Gasteiger partial charge in [0.1, 0.15) is 0 Å². The van der Waals surface area contributed by atoms with Crippen LogP contribution in [0.25, 0.3) is 11.3 Å². The molecular weight excluding hydrogens is 260 g/mol. The van der Waals surface area contributed by atoms with Gasteiger partial charge in [0.25, 0.3) is 5.56 Å². The van der Waals surface area contributed by atoms with E-state index in [-0.39, 0.29) is 5.56 Å². The van der Waals surface area contributed by atoms with E-state index in [9.17, 15) is 4.79 Å². The summed E-state index contributed by atoms with van der Waals surface area (Å²) in [5.41, 5.74) is 10.5. The molecule has 2 N–H and O–H groups in total. The molecule has 1 aromatic heterocycles. The fraction of sp³-hybridized carbons (Fsp3) is 0.389. The zero-order valence-electron chi connectivity index (χ0n) is 13.3. The van der Waals surface area contributed by atoms with E-state index >= 15 is 0 Å². The molecule has 0 atom stereocenters. The van der Waals surface area contributed by atoms with Gasteiger partial charge in [0.15, 0.2) is 0 Å². The Balaban J connectivity index is 2.54. The molecule has 0 unspecified atom stereocenters. The van der Waals surface area contributed by atoms with Gasteiger partial charge in [-0.1, -0.05) is 26.0 Å². The summed E-state index contributed by atoms with van der Waals surface area (Å²) in [5.74, 6) is 0.547. The van der Waals surface area contributed by atoms with Gasteiger partial charge in [-0.15, -0.1) is 0 Å². The average Bonchev–Trinajstić information content (AvgIpc) is 2.43. The summed E-state index contributed by atoms with van der Waals surface area (Å²) in [6.45, 7) is 9.20. The Hall–Kier alpha value is -2.03. The van der Waals surface area contributed by atoms with Crippen molar-refractivity contribution in [2.24, 2.45) is 5.92 Å². The Bertz CT molecular complexity index is 699. The van der Waals surface area contributed by atoms with E-state index in [4.69, 9.17) is 5.73 Å². The molecule has 0 saturated carbocycles. The van der Waals surface area contributed by atoms with E-state index < -0.39 is 0 Å². The van der Waals surface area contributed by atoms with Gasteiger partial charge in [-0.3, -0.25) is 4.79 Å². The minimum Gasteiger partial charge on any atom is -0.394 e. The van der Waals surface area contributed by atoms with Crippen LogP contribution in [-0.4, -0.2) is 4.57 Å². The first-order valence-electron chi connectivity index (χ1n) is 7.47. The number of anilines is 1. The third-order valence-corrected chi connectivity index (χ3v) is 3.94. The fourth-order valence-corrected chi connectivity index (χ4v) is 2.36. The number of benzene rings is 1. The summed E-state index contributed by atoms with van der Waals surface area (Å²) in [7, 11) is 0. The van der Waals surface area contributed by atoms with Gasteiger partial charge in [-0.25, -0.2) is 0 Å². The van der Waals surface area contributed by atoms with Crippen molar-refractivity contribution in [3.8, 4) is 11.3 Å². The molecule has 0 aliphatic heterocycles. The number of nitrogens with zero attached hydrogens (tertiary/aromatic N) is 1. The third-order valence-electron chi connectivity index (χ3n) is 3.94. The first-order valence-corrected chi connectivity index (χ1v) is 7.47. The number of aromatic nitrogens is 1. The minimum absolute atomic E-state index is 0.0913. The number of rotatable bonds is 4. The summed E-state index contributed by atoms with van der Waals surface area (Å²) in [5, 5.41) is 0. The topological polar surface area (TPSA) is 48.0 Å². The lowest BCUT2D eigenvalue weighted by Gasteiger charge is -2.16. The highest BCUT2D eigenvalue weighted by molar-refractivity contribution is 5.63. The zero-order valence-corrected chi connectivity index (χ0v) is 13.3. The first kappa shape index (κ1) is 15.4. The maximum atomic E-state index is 12.4. The van der Waals surface area contributed by atoms with Gasteiger partial charge in [0.2, 0.25) is 0 Å². The second-order valence-electron chi connectivity index (χ2n) is 6.11. The molecule has 0 fully saturated rings. The fourth-order valence-electron chi connectivity index (χ4n) is 2.36. The Morgan fingerprint density at radius 2 is 1.81 bits per heavy atom. The van der Waals surface area contributed by atoms with Crippen LogP contribution in [0.15, 0.2) is 35.1 Å². The van der Waals surface area contributed by atoms with Crippen LogP contribution in [0.1, 0.15) is 31.4 Å². The maximum Gasteiger partial charge on any atom is 0.274 e. The van der Waals surface area contributed by atoms with Gasteiger partial charge < -0.3 is 10.3 Å². The lowest BCUT2D eigenvalue weighted by atomic mass is 10.0. The van der Waals surface area contributed by atoms with Crippen molar-refractivity contribution in [3.05, 3.63) is 51.8 Å². The molecule has 0 aliphatic rings. The molecule has 0 radical (unpaired) electrons. The highest BCUT2D eigenvalue weighted by atomic mass is 16.1. The van der Waals surface area contributed by atoms with Crippen LogP contribution in [0.3, 0.4) is 0 Å². The van der Waals surface area contributed by atoms with Crippen molar-refractivity contribution in [1.29, 1.82) is 0 Å². The summed E-state index contributed by atoms with van der Waals surface area (Å²) >= 11 is 0. The number of pyridine rings is 1. The molecular formula is C18H24N2O. The molecule has 0 saturated heterocycles. The Labute approximate surface area is 126 Å². The molecule has 0 amide bonds. The molecule has 2 aromatic rings. The molecule has 0 aliphatic carbocycles. The summed E-state index contributed by atoms with van der Waals surface area (Å²) in [6, 6.07) is 9.95. The quantitative estimate of drug-likeness (QED) is 0.929. The molecule has 0 bridgehead atoms. The van der Waals surface area contributed by atoms with E-state index in [0.29, 0.717) is 18.2 Å². The Morgan fingerprint density at radius 1 is 1.10 bits per heavy atom. The van der Waals surface area contributed by atoms with Crippen LogP contribution in [0.5, 0.6) is 0 Å². The van der Waals surface area contributed by atoms with Crippen LogP contribution in [-0.2, 0) is 6.54 Å². The SMILES string of the molecule is Cc1ccc(-c2ccc(N)c(=O)n2CCC(C)C)cc1C. The lowest BCUT2D eigenvalue weighted by molar-refractivity contribution is 0.511. The largest absolute Gasteiger partial charge is 0.394 e. The van der Waals surface area contributed by atoms with Crippen molar-refractivity contribution in [2.75, 3.05) is 5.73 Å². The average molecular weight is 284 g/mol. The smallest absolute Gasteiger partial charge is 0.274 e. The molecule has 1 aromatic carbocycles. The van der Waals surface area contributed by atoms with Crippen LogP contribution in [0, 0.1) is 19.8 Å². The van der Waals surface area contributed by atoms with Gasteiger partial charge in [0, 0.05) is 6.54 Å². The second-order valence-corrected chi connectivity index (χ2v) is 6.11. The lowest BCUT2D eigenvalue weighted by Crippen LogP contribution is -2.25. The number of nitrogen functional groups attached to an aromatic ring is 1. The Morgan fingerprint density at radius 3 is 2.43 bits per heavy atom. The van der Waals surface area contributed by atoms with Gasteiger partial charge >= 0.3 is 0 Å². The van der Waals surface area contributed by atoms with Crippen LogP contribution in [0.4, 0.5) is 5.69 Å². The van der Waals surface area contributed by atoms with E-state index in [1.165, 1.54) is 11.1 Å². The number of hydrogen-bond donors (Lipinski definition) is 1. The van der Waals surface area contributed by atoms with Gasteiger partial charge in [-0.05, 0) is 61.1 Å². The normalized spacial score (nSPS) is 11.1. The van der Waals surface area contributed by atoms with Crippen molar-refractivity contribution in [1.82, 2.24) is 4.57 Å². The van der Waals surface area contributed by atoms with Crippen LogP contribution < -0.4 is 11.3 Å². The summed E-state index contributed by atoms with van der Waals surface area (Å²) in [6.07, 6.45) is 0.960. The summed E-state index contributed by atoms with van der Waals surface area (Å²) in [4.78, 5) is 12.4. The first-order chi connectivity index (χ1) is 9.90. The van der Waals surface area contributed by atoms with Crippen LogP contribution >= 0.6 is 0 Å². The predicted octanol–water partition coefficient (Wildman–Crippen LogP) is 3.76. The third kappa shape index (κ3) is 3.35.